The van der Waals surface area contributed by atoms with E-state index in [0.717, 1.165) is 18.6 Å². The van der Waals surface area contributed by atoms with Crippen LogP contribution >= 0.6 is 0 Å². The second-order valence-electron chi connectivity index (χ2n) is 4.78. The number of hydrogen-bond donors (Lipinski definition) is 1. The smallest absolute Gasteiger partial charge is 0.0615 e. The monoisotopic (exact) mass is 197 g/mol. The van der Waals surface area contributed by atoms with Crippen molar-refractivity contribution >= 4 is 0 Å². The van der Waals surface area contributed by atoms with Crippen LogP contribution in [-0.4, -0.2) is 25.3 Å². The molecule has 1 aliphatic carbocycles. The summed E-state index contributed by atoms with van der Waals surface area (Å²) in [7, 11) is 0. The van der Waals surface area contributed by atoms with E-state index in [4.69, 9.17) is 4.74 Å². The Labute approximate surface area is 87.4 Å². The van der Waals surface area contributed by atoms with E-state index in [9.17, 15) is 0 Å². The molecule has 2 unspecified atom stereocenters. The van der Waals surface area contributed by atoms with Crippen LogP contribution in [0.3, 0.4) is 0 Å². The zero-order valence-corrected chi connectivity index (χ0v) is 9.30. The van der Waals surface area contributed by atoms with Crippen LogP contribution < -0.4 is 5.32 Å². The highest BCUT2D eigenvalue weighted by Gasteiger charge is 2.27. The third kappa shape index (κ3) is 2.96. The highest BCUT2D eigenvalue weighted by atomic mass is 16.5. The first kappa shape index (κ1) is 10.4. The predicted octanol–water partition coefficient (Wildman–Crippen LogP) is 2.33. The average molecular weight is 197 g/mol. The molecule has 0 aromatic rings. The van der Waals surface area contributed by atoms with Gasteiger partial charge in [-0.05, 0) is 38.0 Å². The molecule has 2 atom stereocenters. The number of ether oxygens (including phenoxy) is 1. The quantitative estimate of drug-likeness (QED) is 0.730. The molecule has 14 heavy (non-hydrogen) atoms. The SMILES string of the molecule is CCCC1OCCCC1CNC1CC1. The Morgan fingerprint density at radius 2 is 2.14 bits per heavy atom. The first-order chi connectivity index (χ1) is 6.90. The molecule has 1 heterocycles. The summed E-state index contributed by atoms with van der Waals surface area (Å²) < 4.78 is 5.84. The molecule has 2 aliphatic rings. The van der Waals surface area contributed by atoms with Crippen LogP contribution in [-0.2, 0) is 4.74 Å². The Morgan fingerprint density at radius 3 is 2.86 bits per heavy atom. The minimum Gasteiger partial charge on any atom is -0.378 e. The van der Waals surface area contributed by atoms with Crippen molar-refractivity contribution in [3.8, 4) is 0 Å². The fourth-order valence-electron chi connectivity index (χ4n) is 2.34. The van der Waals surface area contributed by atoms with Crippen molar-refractivity contribution in [2.75, 3.05) is 13.2 Å². The van der Waals surface area contributed by atoms with Gasteiger partial charge in [0.1, 0.15) is 0 Å². The van der Waals surface area contributed by atoms with Crippen molar-refractivity contribution in [3.63, 3.8) is 0 Å². The van der Waals surface area contributed by atoms with Gasteiger partial charge in [-0.3, -0.25) is 0 Å². The molecule has 2 fully saturated rings. The van der Waals surface area contributed by atoms with Crippen molar-refractivity contribution in [1.29, 1.82) is 0 Å². The Morgan fingerprint density at radius 1 is 1.29 bits per heavy atom. The van der Waals surface area contributed by atoms with Crippen molar-refractivity contribution in [3.05, 3.63) is 0 Å². The molecule has 82 valence electrons. The van der Waals surface area contributed by atoms with E-state index < -0.39 is 0 Å². The fourth-order valence-corrected chi connectivity index (χ4v) is 2.34. The van der Waals surface area contributed by atoms with E-state index in [-0.39, 0.29) is 0 Å². The molecule has 0 bridgehead atoms. The standard InChI is InChI=1S/C12H23NO/c1-2-4-12-10(5-3-8-14-12)9-13-11-6-7-11/h10-13H,2-9H2,1H3. The number of rotatable bonds is 5. The summed E-state index contributed by atoms with van der Waals surface area (Å²) in [4.78, 5) is 0. The van der Waals surface area contributed by atoms with E-state index in [1.54, 1.807) is 0 Å². The van der Waals surface area contributed by atoms with Crippen LogP contribution in [0.5, 0.6) is 0 Å². The molecule has 1 saturated heterocycles. The molecule has 2 nitrogen and oxygen atoms in total. The summed E-state index contributed by atoms with van der Waals surface area (Å²) in [5, 5.41) is 3.63. The Balaban J connectivity index is 1.72. The van der Waals surface area contributed by atoms with Crippen molar-refractivity contribution in [2.45, 2.75) is 57.6 Å². The van der Waals surface area contributed by atoms with Crippen LogP contribution in [0.1, 0.15) is 45.4 Å². The largest absolute Gasteiger partial charge is 0.378 e. The summed E-state index contributed by atoms with van der Waals surface area (Å²) in [6.45, 7) is 4.43. The van der Waals surface area contributed by atoms with Gasteiger partial charge in [-0.15, -0.1) is 0 Å². The number of hydrogen-bond acceptors (Lipinski definition) is 2. The van der Waals surface area contributed by atoms with Gasteiger partial charge in [0, 0.05) is 19.2 Å². The Bertz CT molecular complexity index is 166. The molecular weight excluding hydrogens is 174 g/mol. The van der Waals surface area contributed by atoms with Crippen LogP contribution in [0.4, 0.5) is 0 Å². The van der Waals surface area contributed by atoms with Gasteiger partial charge in [0.2, 0.25) is 0 Å². The summed E-state index contributed by atoms with van der Waals surface area (Å²) in [5.74, 6) is 0.782. The first-order valence-electron chi connectivity index (χ1n) is 6.25. The maximum atomic E-state index is 5.84. The van der Waals surface area contributed by atoms with Crippen molar-refractivity contribution in [1.82, 2.24) is 5.32 Å². The second kappa shape index (κ2) is 5.13. The Hall–Kier alpha value is -0.0800. The van der Waals surface area contributed by atoms with E-state index >= 15 is 0 Å². The lowest BCUT2D eigenvalue weighted by atomic mass is 9.91. The molecule has 2 rings (SSSR count). The molecule has 0 aromatic heterocycles. The molecule has 1 aliphatic heterocycles. The zero-order chi connectivity index (χ0) is 9.80. The minimum absolute atomic E-state index is 0.542. The number of nitrogens with one attached hydrogen (secondary N) is 1. The maximum absolute atomic E-state index is 5.84. The molecule has 0 radical (unpaired) electrons. The van der Waals surface area contributed by atoms with Gasteiger partial charge in [-0.2, -0.15) is 0 Å². The topological polar surface area (TPSA) is 21.3 Å². The average Bonchev–Trinajstić information content (AvgIpc) is 3.01. The lowest BCUT2D eigenvalue weighted by Crippen LogP contribution is -2.37. The summed E-state index contributed by atoms with van der Waals surface area (Å²) in [5.41, 5.74) is 0. The van der Waals surface area contributed by atoms with Gasteiger partial charge in [0.25, 0.3) is 0 Å². The van der Waals surface area contributed by atoms with Crippen LogP contribution in [0, 0.1) is 5.92 Å². The van der Waals surface area contributed by atoms with Gasteiger partial charge in [0.15, 0.2) is 0 Å². The molecule has 2 heteroatoms. The lowest BCUT2D eigenvalue weighted by Gasteiger charge is -2.32. The summed E-state index contributed by atoms with van der Waals surface area (Å²) in [6, 6.07) is 0.846. The summed E-state index contributed by atoms with van der Waals surface area (Å²) in [6.07, 6.45) is 8.46. The van der Waals surface area contributed by atoms with Crippen molar-refractivity contribution in [2.24, 2.45) is 5.92 Å². The van der Waals surface area contributed by atoms with Crippen LogP contribution in [0.2, 0.25) is 0 Å². The first-order valence-corrected chi connectivity index (χ1v) is 6.25. The van der Waals surface area contributed by atoms with Crippen molar-refractivity contribution < 1.29 is 4.74 Å². The third-order valence-corrected chi connectivity index (χ3v) is 3.40. The third-order valence-electron chi connectivity index (χ3n) is 3.40. The fraction of sp³-hybridized carbons (Fsp3) is 1.00. The zero-order valence-electron chi connectivity index (χ0n) is 9.30. The van der Waals surface area contributed by atoms with E-state index in [1.165, 1.54) is 45.1 Å². The molecule has 0 aromatic carbocycles. The molecule has 1 N–H and O–H groups in total. The maximum Gasteiger partial charge on any atom is 0.0615 e. The minimum atomic E-state index is 0.542. The Kier molecular flexibility index (Phi) is 3.82. The van der Waals surface area contributed by atoms with E-state index in [0.29, 0.717) is 6.10 Å². The van der Waals surface area contributed by atoms with Crippen LogP contribution in [0.15, 0.2) is 0 Å². The van der Waals surface area contributed by atoms with E-state index in [2.05, 4.69) is 12.2 Å². The molecule has 1 saturated carbocycles. The molecule has 0 spiro atoms. The molecule has 0 amide bonds. The van der Waals surface area contributed by atoms with Gasteiger partial charge < -0.3 is 10.1 Å². The van der Waals surface area contributed by atoms with Gasteiger partial charge in [-0.1, -0.05) is 13.3 Å². The highest BCUT2D eigenvalue weighted by molar-refractivity contribution is 4.84. The molecular formula is C12H23NO. The van der Waals surface area contributed by atoms with Gasteiger partial charge in [0.05, 0.1) is 6.10 Å². The normalized spacial score (nSPS) is 33.2. The highest BCUT2D eigenvalue weighted by Crippen LogP contribution is 2.25. The predicted molar refractivity (Wildman–Crippen MR) is 58.4 cm³/mol. The summed E-state index contributed by atoms with van der Waals surface area (Å²) >= 11 is 0. The second-order valence-corrected chi connectivity index (χ2v) is 4.78. The van der Waals surface area contributed by atoms with Gasteiger partial charge >= 0.3 is 0 Å². The van der Waals surface area contributed by atoms with E-state index in [1.807, 2.05) is 0 Å². The van der Waals surface area contributed by atoms with Crippen LogP contribution in [0.25, 0.3) is 0 Å². The van der Waals surface area contributed by atoms with Gasteiger partial charge in [-0.25, -0.2) is 0 Å². The lowest BCUT2D eigenvalue weighted by molar-refractivity contribution is -0.0305.